The molecule has 5 heteroatoms. The van der Waals surface area contributed by atoms with Crippen molar-refractivity contribution >= 4 is 5.91 Å². The van der Waals surface area contributed by atoms with Gasteiger partial charge in [0.25, 0.3) is 5.91 Å². The highest BCUT2D eigenvalue weighted by Crippen LogP contribution is 2.26. The molecule has 0 spiro atoms. The van der Waals surface area contributed by atoms with Gasteiger partial charge in [-0.1, -0.05) is 25.5 Å². The number of hydrogen-bond donors (Lipinski definition) is 1. The Morgan fingerprint density at radius 3 is 2.85 bits per heavy atom. The van der Waals surface area contributed by atoms with Crippen LogP contribution in [0.1, 0.15) is 25.3 Å². The van der Waals surface area contributed by atoms with Gasteiger partial charge in [0.05, 0.1) is 24.3 Å². The van der Waals surface area contributed by atoms with Crippen LogP contribution >= 0.6 is 0 Å². The fourth-order valence-corrected chi connectivity index (χ4v) is 2.38. The van der Waals surface area contributed by atoms with Crippen LogP contribution in [0.3, 0.4) is 0 Å². The van der Waals surface area contributed by atoms with Crippen LogP contribution in [-0.4, -0.2) is 41.2 Å². The maximum absolute atomic E-state index is 11.9. The lowest BCUT2D eigenvalue weighted by molar-refractivity contribution is -0.158. The molecule has 106 valence electrons. The van der Waals surface area contributed by atoms with Crippen LogP contribution in [0.5, 0.6) is 5.75 Å². The second kappa shape index (κ2) is 5.93. The van der Waals surface area contributed by atoms with E-state index in [1.807, 2.05) is 13.0 Å². The van der Waals surface area contributed by atoms with Crippen molar-refractivity contribution in [3.8, 4) is 11.8 Å². The van der Waals surface area contributed by atoms with Crippen molar-refractivity contribution in [3.05, 3.63) is 29.8 Å². The third kappa shape index (κ3) is 3.09. The maximum atomic E-state index is 11.9. The molecular formula is C15H18N2O3. The Labute approximate surface area is 118 Å². The third-order valence-corrected chi connectivity index (χ3v) is 3.40. The van der Waals surface area contributed by atoms with Crippen molar-refractivity contribution in [1.29, 1.82) is 5.26 Å². The van der Waals surface area contributed by atoms with E-state index in [0.717, 1.165) is 6.42 Å². The summed E-state index contributed by atoms with van der Waals surface area (Å²) in [5, 5.41) is 18.9. The van der Waals surface area contributed by atoms with Gasteiger partial charge in [0.1, 0.15) is 11.8 Å². The van der Waals surface area contributed by atoms with Crippen LogP contribution in [0, 0.1) is 11.3 Å². The molecule has 0 radical (unpaired) electrons. The number of β-amino-alcohol motifs (C(OH)–C–C–N with tert-alkyl or cyclic N) is 1. The quantitative estimate of drug-likeness (QED) is 0.878. The lowest BCUT2D eigenvalue weighted by Crippen LogP contribution is -2.64. The molecule has 1 aliphatic heterocycles. The molecule has 2 rings (SSSR count). The van der Waals surface area contributed by atoms with E-state index in [2.05, 4.69) is 0 Å². The van der Waals surface area contributed by atoms with Gasteiger partial charge in [-0.25, -0.2) is 0 Å². The molecule has 5 nitrogen and oxygen atoms in total. The lowest BCUT2D eigenvalue weighted by atomic mass is 9.89. The van der Waals surface area contributed by atoms with Crippen molar-refractivity contribution < 1.29 is 14.6 Å². The Morgan fingerprint density at radius 2 is 2.20 bits per heavy atom. The minimum atomic E-state index is -0.727. The van der Waals surface area contributed by atoms with Gasteiger partial charge in [-0.15, -0.1) is 0 Å². The highest BCUT2D eigenvalue weighted by Gasteiger charge is 2.42. The summed E-state index contributed by atoms with van der Waals surface area (Å²) in [5.41, 5.74) is -0.319. The second-order valence-electron chi connectivity index (χ2n) is 5.12. The number of amides is 1. The molecule has 20 heavy (non-hydrogen) atoms. The minimum Gasteiger partial charge on any atom is -0.482 e. The molecule has 1 aliphatic rings. The number of carbonyl (C=O) groups is 1. The van der Waals surface area contributed by atoms with E-state index in [1.165, 1.54) is 0 Å². The predicted molar refractivity (Wildman–Crippen MR) is 73.1 cm³/mol. The van der Waals surface area contributed by atoms with Crippen molar-refractivity contribution in [2.24, 2.45) is 0 Å². The fraction of sp³-hybridized carbons (Fsp3) is 0.467. The Morgan fingerprint density at radius 1 is 1.50 bits per heavy atom. The van der Waals surface area contributed by atoms with Crippen LogP contribution in [0.15, 0.2) is 24.3 Å². The number of likely N-dealkylation sites (tertiary alicyclic amines) is 1. The zero-order chi connectivity index (χ0) is 14.6. The molecule has 0 saturated carbocycles. The Balaban J connectivity index is 1.84. The number of hydrogen-bond acceptors (Lipinski definition) is 4. The summed E-state index contributed by atoms with van der Waals surface area (Å²) < 4.78 is 5.38. The summed E-state index contributed by atoms with van der Waals surface area (Å²) in [7, 11) is 0. The molecule has 0 unspecified atom stereocenters. The van der Waals surface area contributed by atoms with Crippen LogP contribution < -0.4 is 4.74 Å². The number of para-hydroxylation sites is 1. The fourth-order valence-electron chi connectivity index (χ4n) is 2.38. The molecule has 0 aliphatic carbocycles. The first-order valence-electron chi connectivity index (χ1n) is 6.70. The Kier molecular flexibility index (Phi) is 4.26. The van der Waals surface area contributed by atoms with E-state index in [9.17, 15) is 9.90 Å². The Hall–Kier alpha value is -2.06. The topological polar surface area (TPSA) is 73.6 Å². The molecule has 1 saturated heterocycles. The van der Waals surface area contributed by atoms with Gasteiger partial charge in [0, 0.05) is 0 Å². The smallest absolute Gasteiger partial charge is 0.260 e. The van der Waals surface area contributed by atoms with Crippen LogP contribution in [0.4, 0.5) is 0 Å². The van der Waals surface area contributed by atoms with E-state index in [1.54, 1.807) is 29.2 Å². The first kappa shape index (κ1) is 14.4. The first-order valence-corrected chi connectivity index (χ1v) is 6.70. The summed E-state index contributed by atoms with van der Waals surface area (Å²) in [6, 6.07) is 8.82. The van der Waals surface area contributed by atoms with Gasteiger partial charge in [-0.05, 0) is 18.6 Å². The lowest BCUT2D eigenvalue weighted by Gasteiger charge is -2.46. The van der Waals surface area contributed by atoms with E-state index < -0.39 is 5.60 Å². The summed E-state index contributed by atoms with van der Waals surface area (Å²) in [5.74, 6) is 0.242. The first-order chi connectivity index (χ1) is 9.58. The van der Waals surface area contributed by atoms with E-state index in [4.69, 9.17) is 10.00 Å². The van der Waals surface area contributed by atoms with Gasteiger partial charge in [0.15, 0.2) is 6.61 Å². The van der Waals surface area contributed by atoms with Gasteiger partial charge in [-0.2, -0.15) is 5.26 Å². The highest BCUT2D eigenvalue weighted by atomic mass is 16.5. The van der Waals surface area contributed by atoms with E-state index >= 15 is 0 Å². The van der Waals surface area contributed by atoms with Gasteiger partial charge >= 0.3 is 0 Å². The highest BCUT2D eigenvalue weighted by molar-refractivity contribution is 5.79. The van der Waals surface area contributed by atoms with Crippen LogP contribution in [0.25, 0.3) is 0 Å². The number of nitrogens with zero attached hydrogens (tertiary/aromatic N) is 2. The third-order valence-electron chi connectivity index (χ3n) is 3.40. The van der Waals surface area contributed by atoms with Crippen molar-refractivity contribution in [1.82, 2.24) is 4.90 Å². The minimum absolute atomic E-state index is 0.110. The normalized spacial score (nSPS) is 16.1. The van der Waals surface area contributed by atoms with Gasteiger partial charge in [0.2, 0.25) is 0 Å². The maximum Gasteiger partial charge on any atom is 0.260 e. The number of aliphatic hydroxyl groups is 1. The number of nitriles is 1. The van der Waals surface area contributed by atoms with Crippen molar-refractivity contribution in [3.63, 3.8) is 0 Å². The largest absolute Gasteiger partial charge is 0.482 e. The molecular weight excluding hydrogens is 256 g/mol. The van der Waals surface area contributed by atoms with Crippen LogP contribution in [0.2, 0.25) is 0 Å². The zero-order valence-electron chi connectivity index (χ0n) is 11.5. The number of ether oxygens (including phenoxy) is 1. The molecule has 1 fully saturated rings. The summed E-state index contributed by atoms with van der Waals surface area (Å²) in [4.78, 5) is 13.5. The summed E-state index contributed by atoms with van der Waals surface area (Å²) in [6.07, 6.45) is 1.60. The van der Waals surface area contributed by atoms with Gasteiger partial charge < -0.3 is 14.7 Å². The van der Waals surface area contributed by atoms with E-state index in [-0.39, 0.29) is 12.5 Å². The Bertz CT molecular complexity index is 530. The van der Waals surface area contributed by atoms with E-state index in [0.29, 0.717) is 30.8 Å². The number of carbonyl (C=O) groups excluding carboxylic acids is 1. The number of rotatable bonds is 5. The monoisotopic (exact) mass is 274 g/mol. The second-order valence-corrected chi connectivity index (χ2v) is 5.12. The average Bonchev–Trinajstić information content (AvgIpc) is 2.42. The summed E-state index contributed by atoms with van der Waals surface area (Å²) in [6.45, 7) is 2.62. The molecule has 1 N–H and O–H groups in total. The molecule has 0 aromatic heterocycles. The van der Waals surface area contributed by atoms with Crippen molar-refractivity contribution in [2.45, 2.75) is 25.4 Å². The standard InChI is InChI=1S/C15H18N2O3/c1-2-7-15(19)10-17(11-15)14(18)9-20-13-6-4-3-5-12(13)8-16/h3-6,19H,2,7,9-11H2,1H3. The molecule has 0 bridgehead atoms. The van der Waals surface area contributed by atoms with Crippen LogP contribution in [-0.2, 0) is 4.79 Å². The molecule has 1 heterocycles. The molecule has 1 aromatic carbocycles. The van der Waals surface area contributed by atoms with Gasteiger partial charge in [-0.3, -0.25) is 4.79 Å². The average molecular weight is 274 g/mol. The SMILES string of the molecule is CCCC1(O)CN(C(=O)COc2ccccc2C#N)C1. The zero-order valence-corrected chi connectivity index (χ0v) is 11.5. The molecule has 1 aromatic rings. The summed E-state index contributed by atoms with van der Waals surface area (Å²) >= 11 is 0. The predicted octanol–water partition coefficient (Wildman–Crippen LogP) is 1.31. The van der Waals surface area contributed by atoms with Crippen molar-refractivity contribution in [2.75, 3.05) is 19.7 Å². The molecule has 1 amide bonds. The molecule has 0 atom stereocenters. The number of benzene rings is 1.